The minimum Gasteiger partial charge on any atom is -0.506 e. The van der Waals surface area contributed by atoms with Gasteiger partial charge in [0.05, 0.1) is 5.57 Å². The molecule has 0 amide bonds. The number of hydrogen-bond acceptors (Lipinski definition) is 3. The van der Waals surface area contributed by atoms with Crippen molar-refractivity contribution >= 4 is 22.9 Å². The van der Waals surface area contributed by atoms with E-state index >= 15 is 0 Å². The maximum absolute atomic E-state index is 12.6. The van der Waals surface area contributed by atoms with Gasteiger partial charge < -0.3 is 5.11 Å². The summed E-state index contributed by atoms with van der Waals surface area (Å²) < 4.78 is 0. The Balaban J connectivity index is 2.15. The van der Waals surface area contributed by atoms with Gasteiger partial charge in [0, 0.05) is 11.1 Å². The summed E-state index contributed by atoms with van der Waals surface area (Å²) in [5.74, 6) is -0.714. The van der Waals surface area contributed by atoms with Crippen molar-refractivity contribution in [2.24, 2.45) is 0 Å². The summed E-state index contributed by atoms with van der Waals surface area (Å²) >= 11 is 0. The Kier molecular flexibility index (Phi) is 4.34. The molecule has 3 rings (SSSR count). The van der Waals surface area contributed by atoms with Crippen LogP contribution in [0, 0.1) is 0 Å². The Labute approximate surface area is 148 Å². The lowest BCUT2D eigenvalue weighted by Gasteiger charge is -2.20. The zero-order valence-electron chi connectivity index (χ0n) is 15.0. The topological polar surface area (TPSA) is 54.4 Å². The van der Waals surface area contributed by atoms with E-state index in [1.807, 2.05) is 32.0 Å². The lowest BCUT2D eigenvalue weighted by Crippen LogP contribution is -2.23. The van der Waals surface area contributed by atoms with Crippen molar-refractivity contribution in [3.63, 3.8) is 0 Å². The van der Waals surface area contributed by atoms with E-state index in [0.717, 1.165) is 11.1 Å². The summed E-state index contributed by atoms with van der Waals surface area (Å²) in [6.45, 7) is 8.22. The van der Waals surface area contributed by atoms with Crippen LogP contribution >= 0.6 is 0 Å². The number of allylic oxidation sites excluding steroid dienone is 1. The van der Waals surface area contributed by atoms with E-state index in [1.54, 1.807) is 24.3 Å². The number of hydrogen-bond donors (Lipinski definition) is 1. The van der Waals surface area contributed by atoms with Gasteiger partial charge in [-0.05, 0) is 34.6 Å². The van der Waals surface area contributed by atoms with E-state index in [1.165, 1.54) is 0 Å². The first-order valence-corrected chi connectivity index (χ1v) is 8.58. The SMILES string of the molecule is CC(C)c1ccc(C2=C(O)c3ccc(C(C)C)cc3C(=O)C2=O)cc1. The van der Waals surface area contributed by atoms with Crippen LogP contribution in [0.3, 0.4) is 0 Å². The van der Waals surface area contributed by atoms with Gasteiger partial charge in [0.1, 0.15) is 5.76 Å². The van der Waals surface area contributed by atoms with Crippen molar-refractivity contribution in [3.8, 4) is 0 Å². The van der Waals surface area contributed by atoms with Crippen molar-refractivity contribution in [2.45, 2.75) is 39.5 Å². The van der Waals surface area contributed by atoms with Gasteiger partial charge in [0.2, 0.25) is 11.6 Å². The average Bonchev–Trinajstić information content (AvgIpc) is 2.60. The number of carbonyl (C=O) groups excluding carboxylic acids is 2. The molecule has 0 saturated heterocycles. The Morgan fingerprint density at radius 2 is 1.28 bits per heavy atom. The van der Waals surface area contributed by atoms with Crippen molar-refractivity contribution in [2.75, 3.05) is 0 Å². The number of benzene rings is 2. The molecule has 25 heavy (non-hydrogen) atoms. The second kappa shape index (κ2) is 6.32. The molecular weight excluding hydrogens is 312 g/mol. The number of ketones is 2. The fourth-order valence-corrected chi connectivity index (χ4v) is 3.10. The standard InChI is InChI=1S/C22H22O3/c1-12(2)14-5-7-15(8-6-14)19-20(23)17-10-9-16(13(3)4)11-18(17)21(24)22(19)25/h5-13,23H,1-4H3. The van der Waals surface area contributed by atoms with Crippen LogP contribution in [0.1, 0.15) is 72.1 Å². The molecule has 0 heterocycles. The van der Waals surface area contributed by atoms with E-state index in [-0.39, 0.29) is 22.8 Å². The van der Waals surface area contributed by atoms with E-state index in [4.69, 9.17) is 0 Å². The molecule has 0 spiro atoms. The molecule has 2 aromatic carbocycles. The average molecular weight is 334 g/mol. The highest BCUT2D eigenvalue weighted by Crippen LogP contribution is 2.35. The molecule has 3 heteroatoms. The van der Waals surface area contributed by atoms with Crippen LogP contribution in [0.2, 0.25) is 0 Å². The maximum atomic E-state index is 12.6. The van der Waals surface area contributed by atoms with Crippen LogP contribution < -0.4 is 0 Å². The molecule has 0 fully saturated rings. The molecule has 0 atom stereocenters. The minimum atomic E-state index is -0.650. The summed E-state index contributed by atoms with van der Waals surface area (Å²) in [5, 5.41) is 10.7. The third kappa shape index (κ3) is 2.91. The van der Waals surface area contributed by atoms with Crippen LogP contribution in [0.4, 0.5) is 0 Å². The molecule has 0 unspecified atom stereocenters. The molecule has 0 aromatic heterocycles. The minimum absolute atomic E-state index is 0.0881. The predicted molar refractivity (Wildman–Crippen MR) is 99.8 cm³/mol. The van der Waals surface area contributed by atoms with Gasteiger partial charge in [0.25, 0.3) is 0 Å². The molecule has 2 aromatic rings. The largest absolute Gasteiger partial charge is 0.506 e. The Morgan fingerprint density at radius 1 is 0.720 bits per heavy atom. The highest BCUT2D eigenvalue weighted by Gasteiger charge is 2.34. The number of rotatable bonds is 3. The summed E-state index contributed by atoms with van der Waals surface area (Å²) in [6.07, 6.45) is 0. The molecule has 1 aliphatic carbocycles. The highest BCUT2D eigenvalue weighted by molar-refractivity contribution is 6.62. The number of aliphatic hydroxyl groups excluding tert-OH is 1. The van der Waals surface area contributed by atoms with Crippen LogP contribution in [0.25, 0.3) is 11.3 Å². The van der Waals surface area contributed by atoms with E-state index in [0.29, 0.717) is 17.0 Å². The van der Waals surface area contributed by atoms with Crippen molar-refractivity contribution in [3.05, 3.63) is 70.3 Å². The third-order valence-electron chi connectivity index (χ3n) is 4.75. The lowest BCUT2D eigenvalue weighted by atomic mass is 9.83. The zero-order valence-corrected chi connectivity index (χ0v) is 15.0. The van der Waals surface area contributed by atoms with E-state index in [9.17, 15) is 14.7 Å². The Morgan fingerprint density at radius 3 is 1.84 bits per heavy atom. The van der Waals surface area contributed by atoms with Crippen LogP contribution in [0.5, 0.6) is 0 Å². The van der Waals surface area contributed by atoms with Crippen molar-refractivity contribution in [1.82, 2.24) is 0 Å². The molecule has 1 aliphatic rings. The molecule has 1 N–H and O–H groups in total. The molecule has 128 valence electrons. The number of fused-ring (bicyclic) bond motifs is 1. The fraction of sp³-hybridized carbons (Fsp3) is 0.273. The first-order chi connectivity index (χ1) is 11.8. The normalized spacial score (nSPS) is 14.5. The van der Waals surface area contributed by atoms with Gasteiger partial charge in [0.15, 0.2) is 0 Å². The Hall–Kier alpha value is -2.68. The van der Waals surface area contributed by atoms with Crippen LogP contribution in [0.15, 0.2) is 42.5 Å². The first-order valence-electron chi connectivity index (χ1n) is 8.58. The smallest absolute Gasteiger partial charge is 0.237 e. The van der Waals surface area contributed by atoms with Gasteiger partial charge in [-0.3, -0.25) is 9.59 Å². The van der Waals surface area contributed by atoms with Gasteiger partial charge in [-0.25, -0.2) is 0 Å². The predicted octanol–water partition coefficient (Wildman–Crippen LogP) is 5.13. The number of Topliss-reactive ketones (excluding diaryl/α,β-unsaturated/α-hetero) is 2. The van der Waals surface area contributed by atoms with Crippen LogP contribution in [-0.2, 0) is 4.79 Å². The molecule has 0 bridgehead atoms. The van der Waals surface area contributed by atoms with Crippen LogP contribution in [-0.4, -0.2) is 16.7 Å². The second-order valence-corrected chi connectivity index (χ2v) is 7.12. The van der Waals surface area contributed by atoms with E-state index < -0.39 is 11.6 Å². The molecule has 0 aliphatic heterocycles. The molecule has 0 saturated carbocycles. The maximum Gasteiger partial charge on any atom is 0.237 e. The van der Waals surface area contributed by atoms with Gasteiger partial charge in [-0.15, -0.1) is 0 Å². The third-order valence-corrected chi connectivity index (χ3v) is 4.75. The first kappa shape index (κ1) is 17.2. The zero-order chi connectivity index (χ0) is 18.3. The summed E-state index contributed by atoms with van der Waals surface area (Å²) in [4.78, 5) is 25.2. The van der Waals surface area contributed by atoms with Crippen molar-refractivity contribution in [1.29, 1.82) is 0 Å². The van der Waals surface area contributed by atoms with Gasteiger partial charge in [-0.1, -0.05) is 64.1 Å². The Bertz CT molecular complexity index is 884. The quantitative estimate of drug-likeness (QED) is 0.792. The monoisotopic (exact) mass is 334 g/mol. The summed E-state index contributed by atoms with van der Waals surface area (Å²) in [6, 6.07) is 12.8. The molecule has 3 nitrogen and oxygen atoms in total. The number of aliphatic hydroxyl groups is 1. The fourth-order valence-electron chi connectivity index (χ4n) is 3.10. The highest BCUT2D eigenvalue weighted by atomic mass is 16.3. The van der Waals surface area contributed by atoms with E-state index in [2.05, 4.69) is 13.8 Å². The number of carbonyl (C=O) groups is 2. The second-order valence-electron chi connectivity index (χ2n) is 7.12. The lowest BCUT2D eigenvalue weighted by molar-refractivity contribution is -0.110. The van der Waals surface area contributed by atoms with Gasteiger partial charge in [-0.2, -0.15) is 0 Å². The molecular formula is C22H22O3. The summed E-state index contributed by atoms with van der Waals surface area (Å²) in [7, 11) is 0. The summed E-state index contributed by atoms with van der Waals surface area (Å²) in [5.41, 5.74) is 3.48. The molecule has 0 radical (unpaired) electrons. The van der Waals surface area contributed by atoms with Crippen molar-refractivity contribution < 1.29 is 14.7 Å². The van der Waals surface area contributed by atoms with Gasteiger partial charge >= 0.3 is 0 Å².